The number of unbranched alkanes of at least 4 members (excludes halogenated alkanes) is 1. The van der Waals surface area contributed by atoms with Crippen molar-refractivity contribution in [1.29, 1.82) is 0 Å². The summed E-state index contributed by atoms with van der Waals surface area (Å²) >= 11 is 0. The summed E-state index contributed by atoms with van der Waals surface area (Å²) in [6.07, 6.45) is 0.608. The molecule has 0 saturated carbocycles. The molecule has 130 valence electrons. The highest BCUT2D eigenvalue weighted by Gasteiger charge is 2.13. The van der Waals surface area contributed by atoms with Crippen molar-refractivity contribution < 1.29 is 19.8 Å². The molecule has 0 fully saturated rings. The summed E-state index contributed by atoms with van der Waals surface area (Å²) in [5.74, 6) is -0.141. The van der Waals surface area contributed by atoms with E-state index in [1.54, 1.807) is 0 Å². The van der Waals surface area contributed by atoms with Crippen LogP contribution < -0.4 is 16.8 Å². The summed E-state index contributed by atoms with van der Waals surface area (Å²) in [5, 5.41) is 19.1. The number of nitrogens with two attached hydrogens (primary N) is 2. The molecule has 0 spiro atoms. The van der Waals surface area contributed by atoms with E-state index in [0.29, 0.717) is 13.0 Å². The maximum Gasteiger partial charge on any atom is 0.503 e. The van der Waals surface area contributed by atoms with Crippen LogP contribution in [0.2, 0.25) is 0 Å². The zero-order valence-corrected chi connectivity index (χ0v) is 13.3. The van der Waals surface area contributed by atoms with Gasteiger partial charge in [-0.1, -0.05) is 36.8 Å². The number of amides is 1. The van der Waals surface area contributed by atoms with Crippen LogP contribution in [-0.2, 0) is 4.79 Å². The van der Waals surface area contributed by atoms with E-state index in [-0.39, 0.29) is 5.91 Å². The van der Waals surface area contributed by atoms with Crippen molar-refractivity contribution in [3.63, 3.8) is 0 Å². The van der Waals surface area contributed by atoms with Crippen molar-refractivity contribution in [2.24, 2.45) is 11.5 Å². The molecule has 24 heavy (non-hydrogen) atoms. The molecule has 7 N–H and O–H groups in total. The van der Waals surface area contributed by atoms with E-state index < -0.39 is 12.2 Å². The van der Waals surface area contributed by atoms with Gasteiger partial charge in [0.25, 0.3) is 0 Å². The molecule has 7 heteroatoms. The number of carboxylic acid groups (broad SMARTS) is 2. The Morgan fingerprint density at radius 3 is 2.29 bits per heavy atom. The fourth-order valence-electron chi connectivity index (χ4n) is 2.14. The Hall–Kier alpha value is -2.64. The molecule has 2 aromatic carbocycles. The first-order chi connectivity index (χ1) is 11.4. The monoisotopic (exact) mass is 333 g/mol. The third-order valence-electron chi connectivity index (χ3n) is 3.32. The summed E-state index contributed by atoms with van der Waals surface area (Å²) in [7, 11) is 0. The van der Waals surface area contributed by atoms with Gasteiger partial charge in [-0.15, -0.1) is 0 Å². The lowest BCUT2D eigenvalue weighted by Gasteiger charge is -2.12. The van der Waals surface area contributed by atoms with E-state index in [9.17, 15) is 4.79 Å². The summed E-state index contributed by atoms with van der Waals surface area (Å²) in [6, 6.07) is 13.4. The molecule has 0 saturated heterocycles. The first-order valence-corrected chi connectivity index (χ1v) is 7.61. The quantitative estimate of drug-likeness (QED) is 0.515. The molecule has 2 rings (SSSR count). The van der Waals surface area contributed by atoms with Crippen molar-refractivity contribution in [3.8, 4) is 0 Å². The van der Waals surface area contributed by atoms with Gasteiger partial charge in [0, 0.05) is 5.69 Å². The number of hydrogen-bond acceptors (Lipinski definition) is 4. The van der Waals surface area contributed by atoms with Crippen molar-refractivity contribution in [1.82, 2.24) is 0 Å². The average molecular weight is 333 g/mol. The minimum absolute atomic E-state index is 0.141. The minimum atomic E-state index is -1.83. The minimum Gasteiger partial charge on any atom is -0.450 e. The lowest BCUT2D eigenvalue weighted by molar-refractivity contribution is -0.117. The van der Waals surface area contributed by atoms with Gasteiger partial charge in [0.15, 0.2) is 0 Å². The van der Waals surface area contributed by atoms with Crippen molar-refractivity contribution in [2.75, 3.05) is 11.9 Å². The first kappa shape index (κ1) is 19.4. The fourth-order valence-corrected chi connectivity index (χ4v) is 2.14. The van der Waals surface area contributed by atoms with Crippen LogP contribution in [-0.4, -0.2) is 34.9 Å². The number of fused-ring (bicyclic) bond motifs is 1. The second-order valence-electron chi connectivity index (χ2n) is 5.22. The van der Waals surface area contributed by atoms with Gasteiger partial charge >= 0.3 is 6.16 Å². The van der Waals surface area contributed by atoms with Gasteiger partial charge in [-0.05, 0) is 42.3 Å². The van der Waals surface area contributed by atoms with E-state index >= 15 is 0 Å². The summed E-state index contributed by atoms with van der Waals surface area (Å²) < 4.78 is 0. The second-order valence-corrected chi connectivity index (χ2v) is 5.22. The standard InChI is InChI=1S/C16H21N3O.CH2O3/c17-10-4-3-7-15(18)16(20)19-14-9-8-12-5-1-2-6-13(12)11-14;2-1(3)4/h1-2,5-6,8-9,11,15H,3-4,7,10,17-18H2,(H,19,20);(H2,2,3,4). The Bertz CT molecular complexity index is 672. The second kappa shape index (κ2) is 10.2. The van der Waals surface area contributed by atoms with Gasteiger partial charge in [-0.2, -0.15) is 0 Å². The Labute approximate surface area is 140 Å². The molecule has 0 radical (unpaired) electrons. The van der Waals surface area contributed by atoms with Gasteiger partial charge in [-0.25, -0.2) is 4.79 Å². The normalized spacial score (nSPS) is 11.2. The molecule has 1 amide bonds. The number of carbonyl (C=O) groups excluding carboxylic acids is 1. The molecular formula is C17H23N3O4. The van der Waals surface area contributed by atoms with Crippen LogP contribution in [0.4, 0.5) is 10.5 Å². The number of carbonyl (C=O) groups is 2. The smallest absolute Gasteiger partial charge is 0.450 e. The number of benzene rings is 2. The highest BCUT2D eigenvalue weighted by Crippen LogP contribution is 2.19. The highest BCUT2D eigenvalue weighted by atomic mass is 16.6. The van der Waals surface area contributed by atoms with Crippen LogP contribution in [0.3, 0.4) is 0 Å². The third-order valence-corrected chi connectivity index (χ3v) is 3.32. The summed E-state index contributed by atoms with van der Waals surface area (Å²) in [6.45, 7) is 0.638. The number of nitrogens with one attached hydrogen (secondary N) is 1. The van der Waals surface area contributed by atoms with E-state index in [0.717, 1.165) is 29.3 Å². The molecule has 7 nitrogen and oxygen atoms in total. The van der Waals surface area contributed by atoms with Gasteiger partial charge in [0.05, 0.1) is 6.04 Å². The van der Waals surface area contributed by atoms with Crippen molar-refractivity contribution in [3.05, 3.63) is 42.5 Å². The molecule has 0 heterocycles. The van der Waals surface area contributed by atoms with Crippen molar-refractivity contribution in [2.45, 2.75) is 25.3 Å². The zero-order chi connectivity index (χ0) is 17.9. The summed E-state index contributed by atoms with van der Waals surface area (Å²) in [4.78, 5) is 20.5. The van der Waals surface area contributed by atoms with Crippen molar-refractivity contribution >= 4 is 28.5 Å². The van der Waals surface area contributed by atoms with Gasteiger partial charge in [0.2, 0.25) is 5.91 Å². The molecule has 2 aromatic rings. The van der Waals surface area contributed by atoms with Gasteiger partial charge in [-0.3, -0.25) is 4.79 Å². The first-order valence-electron chi connectivity index (χ1n) is 7.61. The molecule has 0 aliphatic rings. The Morgan fingerprint density at radius 1 is 1.04 bits per heavy atom. The van der Waals surface area contributed by atoms with Gasteiger partial charge < -0.3 is 27.0 Å². The van der Waals surface area contributed by atoms with E-state index in [2.05, 4.69) is 5.32 Å². The van der Waals surface area contributed by atoms with Crippen LogP contribution in [0.1, 0.15) is 19.3 Å². The zero-order valence-electron chi connectivity index (χ0n) is 13.3. The molecular weight excluding hydrogens is 310 g/mol. The molecule has 0 aliphatic carbocycles. The molecule has 0 aliphatic heterocycles. The third kappa shape index (κ3) is 7.08. The SMILES string of the molecule is NCCCCC(N)C(=O)Nc1ccc2ccccc2c1.O=C(O)O. The Morgan fingerprint density at radius 2 is 1.67 bits per heavy atom. The molecule has 0 bridgehead atoms. The fraction of sp³-hybridized carbons (Fsp3) is 0.294. The number of rotatable bonds is 6. The molecule has 1 unspecified atom stereocenters. The van der Waals surface area contributed by atoms with E-state index in [1.807, 2.05) is 42.5 Å². The van der Waals surface area contributed by atoms with E-state index in [4.69, 9.17) is 26.5 Å². The topological polar surface area (TPSA) is 139 Å². The predicted octanol–water partition coefficient (Wildman–Crippen LogP) is 2.46. The lowest BCUT2D eigenvalue weighted by atomic mass is 10.1. The van der Waals surface area contributed by atoms with Crippen LogP contribution in [0.25, 0.3) is 10.8 Å². The number of hydrogen-bond donors (Lipinski definition) is 5. The molecule has 0 aromatic heterocycles. The van der Waals surface area contributed by atoms with Crippen LogP contribution >= 0.6 is 0 Å². The van der Waals surface area contributed by atoms with Crippen LogP contribution in [0.5, 0.6) is 0 Å². The maximum atomic E-state index is 12.0. The maximum absolute atomic E-state index is 12.0. The van der Waals surface area contributed by atoms with E-state index in [1.165, 1.54) is 0 Å². The summed E-state index contributed by atoms with van der Waals surface area (Å²) in [5.41, 5.74) is 12.1. The average Bonchev–Trinajstić information content (AvgIpc) is 2.54. The molecule has 1 atom stereocenters. The largest absolute Gasteiger partial charge is 0.503 e. The highest BCUT2D eigenvalue weighted by molar-refractivity contribution is 5.97. The van der Waals surface area contributed by atoms with Crippen LogP contribution in [0.15, 0.2) is 42.5 Å². The van der Waals surface area contributed by atoms with Gasteiger partial charge in [0.1, 0.15) is 0 Å². The lowest BCUT2D eigenvalue weighted by Crippen LogP contribution is -2.35. The predicted molar refractivity (Wildman–Crippen MR) is 94.1 cm³/mol. The number of anilines is 1. The van der Waals surface area contributed by atoms with Crippen LogP contribution in [0, 0.1) is 0 Å². The Balaban J connectivity index is 0.000000648. The Kier molecular flexibility index (Phi) is 8.24.